The number of likely N-dealkylation sites (tertiary alicyclic amines) is 1. The summed E-state index contributed by atoms with van der Waals surface area (Å²) in [6.07, 6.45) is 7.00. The molecular formula is C13H14N2O3. The Balaban J connectivity index is 1.93. The van der Waals surface area contributed by atoms with E-state index >= 15 is 0 Å². The Morgan fingerprint density at radius 1 is 1.50 bits per heavy atom. The van der Waals surface area contributed by atoms with E-state index in [0.717, 1.165) is 5.56 Å². The summed E-state index contributed by atoms with van der Waals surface area (Å²) in [5.74, 6) is -1.41. The van der Waals surface area contributed by atoms with Crippen LogP contribution < -0.4 is 0 Å². The summed E-state index contributed by atoms with van der Waals surface area (Å²) in [6.45, 7) is 0.804. The molecule has 5 nitrogen and oxygen atoms in total. The lowest BCUT2D eigenvalue weighted by Crippen LogP contribution is -2.28. The van der Waals surface area contributed by atoms with Gasteiger partial charge in [0.25, 0.3) is 0 Å². The highest BCUT2D eigenvalue weighted by Crippen LogP contribution is 2.16. The predicted molar refractivity (Wildman–Crippen MR) is 65.6 cm³/mol. The number of hydrogen-bond donors (Lipinski definition) is 1. The van der Waals surface area contributed by atoms with E-state index in [1.54, 1.807) is 29.4 Å². The molecule has 1 aliphatic heterocycles. The van der Waals surface area contributed by atoms with Gasteiger partial charge in [-0.05, 0) is 24.1 Å². The van der Waals surface area contributed by atoms with Gasteiger partial charge in [-0.25, -0.2) is 0 Å². The highest BCUT2D eigenvalue weighted by molar-refractivity contribution is 5.92. The second-order valence-corrected chi connectivity index (χ2v) is 4.23. The van der Waals surface area contributed by atoms with Crippen molar-refractivity contribution in [1.82, 2.24) is 9.88 Å². The van der Waals surface area contributed by atoms with E-state index < -0.39 is 11.9 Å². The minimum atomic E-state index is -0.832. The van der Waals surface area contributed by atoms with Crippen LogP contribution in [0.3, 0.4) is 0 Å². The van der Waals surface area contributed by atoms with Gasteiger partial charge in [0.05, 0.1) is 5.92 Å². The molecule has 1 aromatic rings. The number of pyridine rings is 1. The number of aliphatic carboxylic acids is 1. The number of rotatable bonds is 3. The first-order valence-electron chi connectivity index (χ1n) is 5.76. The Bertz CT molecular complexity index is 470. The molecular weight excluding hydrogens is 232 g/mol. The number of aromatic nitrogens is 1. The van der Waals surface area contributed by atoms with Crippen LogP contribution in [0.2, 0.25) is 0 Å². The highest BCUT2D eigenvalue weighted by atomic mass is 16.4. The quantitative estimate of drug-likeness (QED) is 0.808. The van der Waals surface area contributed by atoms with Crippen LogP contribution in [0.4, 0.5) is 0 Å². The third-order valence-corrected chi connectivity index (χ3v) is 2.95. The smallest absolute Gasteiger partial charge is 0.308 e. The van der Waals surface area contributed by atoms with Crippen molar-refractivity contribution in [3.63, 3.8) is 0 Å². The van der Waals surface area contributed by atoms with Crippen molar-refractivity contribution < 1.29 is 14.7 Å². The minimum absolute atomic E-state index is 0.150. The number of carboxylic acids is 1. The molecule has 1 saturated heterocycles. The molecule has 1 aromatic heterocycles. The molecule has 18 heavy (non-hydrogen) atoms. The zero-order valence-electron chi connectivity index (χ0n) is 9.82. The van der Waals surface area contributed by atoms with Crippen LogP contribution in [-0.2, 0) is 9.59 Å². The largest absolute Gasteiger partial charge is 0.481 e. The number of carbonyl (C=O) groups excluding carboxylic acids is 1. The zero-order chi connectivity index (χ0) is 13.0. The number of hydrogen-bond acceptors (Lipinski definition) is 3. The maximum absolute atomic E-state index is 11.8. The first kappa shape index (κ1) is 12.3. The zero-order valence-corrected chi connectivity index (χ0v) is 9.82. The molecule has 0 aromatic carbocycles. The van der Waals surface area contributed by atoms with Crippen LogP contribution in [-0.4, -0.2) is 40.0 Å². The molecule has 2 heterocycles. The van der Waals surface area contributed by atoms with Crippen molar-refractivity contribution in [2.75, 3.05) is 13.1 Å². The van der Waals surface area contributed by atoms with Crippen molar-refractivity contribution in [1.29, 1.82) is 0 Å². The summed E-state index contributed by atoms with van der Waals surface area (Å²) in [4.78, 5) is 28.1. The summed E-state index contributed by atoms with van der Waals surface area (Å²) in [5, 5.41) is 8.86. The summed E-state index contributed by atoms with van der Waals surface area (Å²) >= 11 is 0. The monoisotopic (exact) mass is 246 g/mol. The highest BCUT2D eigenvalue weighted by Gasteiger charge is 2.29. The topological polar surface area (TPSA) is 70.5 Å². The number of carboxylic acid groups (broad SMARTS) is 1. The minimum Gasteiger partial charge on any atom is -0.481 e. The average Bonchev–Trinajstić information content (AvgIpc) is 2.87. The maximum atomic E-state index is 11.8. The fraction of sp³-hybridized carbons (Fsp3) is 0.308. The Hall–Kier alpha value is -2.17. The molecule has 0 spiro atoms. The van der Waals surface area contributed by atoms with Crippen LogP contribution >= 0.6 is 0 Å². The van der Waals surface area contributed by atoms with Crippen molar-refractivity contribution in [2.24, 2.45) is 5.92 Å². The second kappa shape index (κ2) is 5.44. The van der Waals surface area contributed by atoms with Gasteiger partial charge in [-0.15, -0.1) is 0 Å². The van der Waals surface area contributed by atoms with Gasteiger partial charge in [0, 0.05) is 31.6 Å². The van der Waals surface area contributed by atoms with Crippen molar-refractivity contribution >= 4 is 18.0 Å². The van der Waals surface area contributed by atoms with Gasteiger partial charge < -0.3 is 10.0 Å². The van der Waals surface area contributed by atoms with Gasteiger partial charge in [0.15, 0.2) is 0 Å². The fourth-order valence-corrected chi connectivity index (χ4v) is 1.91. The van der Waals surface area contributed by atoms with Crippen LogP contribution in [0.1, 0.15) is 12.0 Å². The van der Waals surface area contributed by atoms with E-state index in [4.69, 9.17) is 5.11 Å². The Morgan fingerprint density at radius 2 is 2.33 bits per heavy atom. The normalized spacial score (nSPS) is 19.3. The summed E-state index contributed by atoms with van der Waals surface area (Å²) < 4.78 is 0. The molecule has 1 amide bonds. The first-order valence-corrected chi connectivity index (χ1v) is 5.76. The van der Waals surface area contributed by atoms with Crippen molar-refractivity contribution in [3.8, 4) is 0 Å². The Kier molecular flexibility index (Phi) is 3.72. The number of amides is 1. The lowest BCUT2D eigenvalue weighted by Gasteiger charge is -2.12. The van der Waals surface area contributed by atoms with Gasteiger partial charge in [0.1, 0.15) is 0 Å². The fourth-order valence-electron chi connectivity index (χ4n) is 1.91. The molecule has 1 fully saturated rings. The Morgan fingerprint density at radius 3 is 2.94 bits per heavy atom. The number of carbonyl (C=O) groups is 2. The molecule has 2 rings (SSSR count). The van der Waals surface area contributed by atoms with Gasteiger partial charge in [-0.1, -0.05) is 6.07 Å². The standard InChI is InChI=1S/C13H14N2O3/c16-12(4-3-10-2-1-6-14-8-10)15-7-5-11(9-15)13(17)18/h1-4,6,8,11H,5,7,9H2,(H,17,18)/b4-3+. The maximum Gasteiger partial charge on any atom is 0.308 e. The third-order valence-electron chi connectivity index (χ3n) is 2.95. The number of nitrogens with zero attached hydrogens (tertiary/aromatic N) is 2. The van der Waals surface area contributed by atoms with Gasteiger partial charge in [-0.3, -0.25) is 14.6 Å². The van der Waals surface area contributed by atoms with Crippen molar-refractivity contribution in [2.45, 2.75) is 6.42 Å². The first-order chi connectivity index (χ1) is 8.66. The predicted octanol–water partition coefficient (Wildman–Crippen LogP) is 1.03. The van der Waals surface area contributed by atoms with Gasteiger partial charge >= 0.3 is 5.97 Å². The van der Waals surface area contributed by atoms with Gasteiger partial charge in [-0.2, -0.15) is 0 Å². The molecule has 0 bridgehead atoms. The molecule has 94 valence electrons. The Labute approximate surface area is 105 Å². The van der Waals surface area contributed by atoms with Gasteiger partial charge in [0.2, 0.25) is 5.91 Å². The molecule has 1 N–H and O–H groups in total. The second-order valence-electron chi connectivity index (χ2n) is 4.23. The average molecular weight is 246 g/mol. The summed E-state index contributed by atoms with van der Waals surface area (Å²) in [5.41, 5.74) is 0.847. The summed E-state index contributed by atoms with van der Waals surface area (Å²) in [6, 6.07) is 3.64. The molecule has 5 heteroatoms. The lowest BCUT2D eigenvalue weighted by atomic mass is 10.1. The van der Waals surface area contributed by atoms with E-state index in [9.17, 15) is 9.59 Å². The molecule has 0 aliphatic carbocycles. The van der Waals surface area contributed by atoms with Crippen LogP contribution in [0, 0.1) is 5.92 Å². The van der Waals surface area contributed by atoms with Crippen LogP contribution in [0.25, 0.3) is 6.08 Å². The van der Waals surface area contributed by atoms with E-state index in [0.29, 0.717) is 19.5 Å². The SMILES string of the molecule is O=C(O)C1CCN(C(=O)/C=C/c2cccnc2)C1. The molecule has 0 radical (unpaired) electrons. The molecule has 1 aliphatic rings. The third kappa shape index (κ3) is 2.94. The molecule has 1 unspecified atom stereocenters. The molecule has 1 atom stereocenters. The molecule has 0 saturated carbocycles. The van der Waals surface area contributed by atoms with E-state index in [1.165, 1.54) is 6.08 Å². The lowest BCUT2D eigenvalue weighted by molar-refractivity contribution is -0.141. The van der Waals surface area contributed by atoms with Crippen LogP contribution in [0.15, 0.2) is 30.6 Å². The van der Waals surface area contributed by atoms with Crippen molar-refractivity contribution in [3.05, 3.63) is 36.2 Å². The summed E-state index contributed by atoms with van der Waals surface area (Å²) in [7, 11) is 0. The van der Waals surface area contributed by atoms with E-state index in [2.05, 4.69) is 4.98 Å². The van der Waals surface area contributed by atoms with Crippen LogP contribution in [0.5, 0.6) is 0 Å². The van der Waals surface area contributed by atoms with E-state index in [-0.39, 0.29) is 5.91 Å². The van der Waals surface area contributed by atoms with E-state index in [1.807, 2.05) is 6.07 Å².